The molecule has 4 aromatic rings. The van der Waals surface area contributed by atoms with Gasteiger partial charge < -0.3 is 26.2 Å². The van der Waals surface area contributed by atoms with E-state index < -0.39 is 6.04 Å². The fraction of sp³-hybridized carbons (Fsp3) is 0.412. The minimum absolute atomic E-state index is 0.0989. The predicted octanol–water partition coefficient (Wildman–Crippen LogP) is 3.10. The summed E-state index contributed by atoms with van der Waals surface area (Å²) < 4.78 is 0. The topological polar surface area (TPSA) is 152 Å². The smallest absolute Gasteiger partial charge is 0.271 e. The Kier molecular flexibility index (Phi) is 9.27. The molecule has 2 amide bonds. The van der Waals surface area contributed by atoms with Crippen molar-refractivity contribution in [3.8, 4) is 11.1 Å². The van der Waals surface area contributed by atoms with Crippen LogP contribution in [0.25, 0.3) is 22.0 Å². The Morgan fingerprint density at radius 3 is 2.53 bits per heavy atom. The number of nitrogens with two attached hydrogens (primary N) is 1. The quantitative estimate of drug-likeness (QED) is 0.195. The first-order chi connectivity index (χ1) is 21.9. The second kappa shape index (κ2) is 13.7. The molecule has 0 bridgehead atoms. The summed E-state index contributed by atoms with van der Waals surface area (Å²) in [4.78, 5) is 48.4. The zero-order chi connectivity index (χ0) is 31.3. The normalized spacial score (nSPS) is 19.7. The van der Waals surface area contributed by atoms with Crippen molar-refractivity contribution in [3.05, 3.63) is 76.7 Å². The van der Waals surface area contributed by atoms with E-state index in [4.69, 9.17) is 5.73 Å². The van der Waals surface area contributed by atoms with Gasteiger partial charge in [-0.15, -0.1) is 0 Å². The van der Waals surface area contributed by atoms with Crippen LogP contribution >= 0.6 is 0 Å². The van der Waals surface area contributed by atoms with Crippen molar-refractivity contribution in [1.82, 2.24) is 25.4 Å². The first kappa shape index (κ1) is 30.5. The van der Waals surface area contributed by atoms with Crippen molar-refractivity contribution in [1.29, 1.82) is 0 Å². The summed E-state index contributed by atoms with van der Waals surface area (Å²) in [5.74, 6) is 0.859. The lowest BCUT2D eigenvalue weighted by molar-refractivity contribution is -0.130. The van der Waals surface area contributed by atoms with Gasteiger partial charge in [-0.25, -0.2) is 4.98 Å². The van der Waals surface area contributed by atoms with Crippen LogP contribution in [-0.4, -0.2) is 77.7 Å². The monoisotopic (exact) mass is 610 g/mol. The minimum atomic E-state index is -0.792. The maximum atomic E-state index is 13.7. The molecule has 6 rings (SSSR count). The van der Waals surface area contributed by atoms with Crippen LogP contribution in [0, 0.1) is 11.8 Å². The fourth-order valence-electron chi connectivity index (χ4n) is 6.42. The lowest BCUT2D eigenvalue weighted by Gasteiger charge is -2.33. The number of likely N-dealkylation sites (N-methyl/N-ethyl adjacent to an activating group) is 1. The highest BCUT2D eigenvalue weighted by atomic mass is 16.2. The molecule has 1 aliphatic carbocycles. The molecule has 2 aliphatic rings. The van der Waals surface area contributed by atoms with Crippen LogP contribution in [0.5, 0.6) is 0 Å². The van der Waals surface area contributed by atoms with Crippen molar-refractivity contribution >= 4 is 34.2 Å². The molecule has 1 atom stereocenters. The van der Waals surface area contributed by atoms with Crippen molar-refractivity contribution in [2.45, 2.75) is 38.1 Å². The average molecular weight is 611 g/mol. The third-order valence-electron chi connectivity index (χ3n) is 9.30. The molecule has 2 aromatic carbocycles. The molecule has 3 heterocycles. The van der Waals surface area contributed by atoms with E-state index in [0.717, 1.165) is 74.4 Å². The van der Waals surface area contributed by atoms with Crippen molar-refractivity contribution in [2.75, 3.05) is 50.0 Å². The number of hydrogen-bond acceptors (Lipinski definition) is 7. The molecule has 236 valence electrons. The van der Waals surface area contributed by atoms with E-state index in [1.165, 1.54) is 0 Å². The number of benzene rings is 2. The number of carbonyl (C=O) groups excluding carboxylic acids is 2. The van der Waals surface area contributed by atoms with Crippen LogP contribution < -0.4 is 26.8 Å². The maximum Gasteiger partial charge on any atom is 0.271 e. The highest BCUT2D eigenvalue weighted by molar-refractivity contribution is 5.99. The van der Waals surface area contributed by atoms with Crippen molar-refractivity contribution in [2.24, 2.45) is 17.6 Å². The first-order valence-corrected chi connectivity index (χ1v) is 15.9. The van der Waals surface area contributed by atoms with E-state index in [1.807, 2.05) is 24.4 Å². The van der Waals surface area contributed by atoms with Crippen LogP contribution in [0.2, 0.25) is 0 Å². The van der Waals surface area contributed by atoms with Gasteiger partial charge in [0.05, 0.1) is 10.9 Å². The van der Waals surface area contributed by atoms with Gasteiger partial charge in [0, 0.05) is 50.4 Å². The number of hydrogen-bond donors (Lipinski definition) is 5. The van der Waals surface area contributed by atoms with Crippen molar-refractivity contribution < 1.29 is 9.59 Å². The van der Waals surface area contributed by atoms with Crippen LogP contribution in [0.15, 0.2) is 65.6 Å². The third kappa shape index (κ3) is 7.26. The summed E-state index contributed by atoms with van der Waals surface area (Å²) in [7, 11) is 2.14. The lowest BCUT2D eigenvalue weighted by Crippen LogP contribution is -2.48. The zero-order valence-electron chi connectivity index (χ0n) is 25.7. The SMILES string of the molecule is CN1CCN(c2cc(-c3cccc(CC(NC(=O)C4CCC(CN)CC4)C(=O)Nc4ccc5c(=O)[nH][nH]c5c4)c3)ccn2)CC1. The molecule has 1 aliphatic heterocycles. The highest BCUT2D eigenvalue weighted by Crippen LogP contribution is 2.29. The van der Waals surface area contributed by atoms with Gasteiger partial charge in [0.2, 0.25) is 11.8 Å². The van der Waals surface area contributed by atoms with E-state index in [1.54, 1.807) is 18.2 Å². The summed E-state index contributed by atoms with van der Waals surface area (Å²) in [6.45, 7) is 4.51. The Labute approximate surface area is 262 Å². The van der Waals surface area contributed by atoms with Gasteiger partial charge >= 0.3 is 0 Å². The number of nitrogens with one attached hydrogen (secondary N) is 4. The van der Waals surface area contributed by atoms with Gasteiger partial charge in [-0.2, -0.15) is 0 Å². The summed E-state index contributed by atoms with van der Waals surface area (Å²) in [6.07, 6.45) is 5.55. The van der Waals surface area contributed by atoms with Crippen molar-refractivity contribution in [3.63, 3.8) is 0 Å². The van der Waals surface area contributed by atoms with Gasteiger partial charge in [-0.1, -0.05) is 24.3 Å². The van der Waals surface area contributed by atoms with Gasteiger partial charge in [-0.3, -0.25) is 24.6 Å². The molecule has 1 unspecified atom stereocenters. The van der Waals surface area contributed by atoms with Gasteiger partial charge in [0.1, 0.15) is 11.9 Å². The van der Waals surface area contributed by atoms with Crippen LogP contribution in [0.1, 0.15) is 31.2 Å². The molecule has 6 N–H and O–H groups in total. The standard InChI is InChI=1S/C34H42N8O3/c1-41-13-15-42(16-14-41)31-19-26(11-12-36-31)25-4-2-3-23(17-25)18-30(38-32(43)24-7-5-22(21-35)6-8-24)34(45)37-27-9-10-28-29(20-27)39-40-33(28)44/h2-4,9-12,17,19-20,22,24,30H,5-8,13-16,18,21,35H2,1H3,(H,37,45)(H,38,43)(H2,39,40,44). The Morgan fingerprint density at radius 2 is 1.76 bits per heavy atom. The van der Waals surface area contributed by atoms with Gasteiger partial charge in [0.25, 0.3) is 5.56 Å². The zero-order valence-corrected chi connectivity index (χ0v) is 25.7. The highest BCUT2D eigenvalue weighted by Gasteiger charge is 2.29. The Bertz CT molecular complexity index is 1700. The third-order valence-corrected chi connectivity index (χ3v) is 9.30. The Morgan fingerprint density at radius 1 is 0.978 bits per heavy atom. The molecule has 1 saturated carbocycles. The number of fused-ring (bicyclic) bond motifs is 1. The molecule has 0 radical (unpaired) electrons. The van der Waals surface area contributed by atoms with Gasteiger partial charge in [0.15, 0.2) is 0 Å². The number of aromatic nitrogens is 3. The van der Waals surface area contributed by atoms with E-state index in [9.17, 15) is 14.4 Å². The number of H-pyrrole nitrogens is 2. The number of nitrogens with zero attached hydrogens (tertiary/aromatic N) is 3. The van der Waals surface area contributed by atoms with Crippen LogP contribution in [0.3, 0.4) is 0 Å². The molecule has 1 saturated heterocycles. The molecule has 11 heteroatoms. The summed E-state index contributed by atoms with van der Waals surface area (Å²) in [5.41, 5.74) is 9.78. The number of carbonyl (C=O) groups is 2. The number of pyridine rings is 1. The van der Waals surface area contributed by atoms with E-state index >= 15 is 0 Å². The average Bonchev–Trinajstić information content (AvgIpc) is 3.44. The van der Waals surface area contributed by atoms with E-state index in [0.29, 0.717) is 35.5 Å². The molecule has 0 spiro atoms. The Balaban J connectivity index is 1.21. The fourth-order valence-corrected chi connectivity index (χ4v) is 6.42. The number of aromatic amines is 2. The molecule has 11 nitrogen and oxygen atoms in total. The predicted molar refractivity (Wildman–Crippen MR) is 177 cm³/mol. The summed E-state index contributed by atoms with van der Waals surface area (Å²) in [5, 5.41) is 11.9. The van der Waals surface area contributed by atoms with Gasteiger partial charge in [-0.05, 0) is 92.2 Å². The second-order valence-electron chi connectivity index (χ2n) is 12.4. The molecule has 2 fully saturated rings. The number of piperazine rings is 1. The summed E-state index contributed by atoms with van der Waals surface area (Å²) in [6, 6.07) is 16.5. The number of amides is 2. The van der Waals surface area contributed by atoms with E-state index in [-0.39, 0.29) is 23.3 Å². The number of rotatable bonds is 9. The van der Waals surface area contributed by atoms with E-state index in [2.05, 4.69) is 60.9 Å². The lowest BCUT2D eigenvalue weighted by atomic mass is 9.81. The Hall–Kier alpha value is -4.48. The molecule has 45 heavy (non-hydrogen) atoms. The largest absolute Gasteiger partial charge is 0.354 e. The molecular weight excluding hydrogens is 568 g/mol. The molecule has 2 aromatic heterocycles. The minimum Gasteiger partial charge on any atom is -0.354 e. The second-order valence-corrected chi connectivity index (χ2v) is 12.4. The van der Waals surface area contributed by atoms with Crippen LogP contribution in [0.4, 0.5) is 11.5 Å². The van der Waals surface area contributed by atoms with Crippen LogP contribution in [-0.2, 0) is 16.0 Å². The summed E-state index contributed by atoms with van der Waals surface area (Å²) >= 11 is 0. The number of anilines is 2. The first-order valence-electron chi connectivity index (χ1n) is 15.9. The molecular formula is C34H42N8O3. The maximum absolute atomic E-state index is 13.7.